The summed E-state index contributed by atoms with van der Waals surface area (Å²) in [4.78, 5) is 18.6. The molecule has 0 radical (unpaired) electrons. The summed E-state index contributed by atoms with van der Waals surface area (Å²) in [6.45, 7) is 0.368. The summed E-state index contributed by atoms with van der Waals surface area (Å²) in [6.07, 6.45) is -2.79. The molecule has 0 aliphatic carbocycles. The number of benzene rings is 3. The molecule has 11 heteroatoms. The van der Waals surface area contributed by atoms with Crippen molar-refractivity contribution in [3.63, 3.8) is 0 Å². The Labute approximate surface area is 209 Å². The van der Waals surface area contributed by atoms with Crippen molar-refractivity contribution in [3.05, 3.63) is 77.7 Å². The fraction of sp³-hybridized carbons (Fsp3) is 0.231. The van der Waals surface area contributed by atoms with Crippen LogP contribution in [0.25, 0.3) is 22.2 Å². The lowest BCUT2D eigenvalue weighted by atomic mass is 10.1. The van der Waals surface area contributed by atoms with E-state index in [1.165, 1.54) is 0 Å². The van der Waals surface area contributed by atoms with Crippen molar-refractivity contribution < 1.29 is 27.2 Å². The van der Waals surface area contributed by atoms with Gasteiger partial charge in [0.05, 0.1) is 5.56 Å². The molecule has 5 rings (SSSR count). The third-order valence-corrected chi connectivity index (χ3v) is 6.26. The van der Waals surface area contributed by atoms with E-state index in [0.29, 0.717) is 24.0 Å². The average Bonchev–Trinajstić information content (AvgIpc) is 3.56. The maximum absolute atomic E-state index is 12.7. The highest BCUT2D eigenvalue weighted by atomic mass is 19.4. The molecule has 0 bridgehead atoms. The van der Waals surface area contributed by atoms with E-state index in [1.54, 1.807) is 17.0 Å². The number of alkyl halides is 3. The number of nitrogens with one attached hydrogen (secondary N) is 1. The number of likely N-dealkylation sites (tertiary alicyclic amines) is 1. The van der Waals surface area contributed by atoms with Crippen LogP contribution in [0.1, 0.15) is 40.7 Å². The second kappa shape index (κ2) is 9.57. The van der Waals surface area contributed by atoms with Gasteiger partial charge in [-0.05, 0) is 53.9 Å². The van der Waals surface area contributed by atoms with Crippen molar-refractivity contribution in [1.29, 1.82) is 5.41 Å². The number of hydrogen-bond acceptors (Lipinski definition) is 6. The summed E-state index contributed by atoms with van der Waals surface area (Å²) < 4.78 is 49.2. The number of ketones is 1. The van der Waals surface area contributed by atoms with Gasteiger partial charge in [0, 0.05) is 17.7 Å². The monoisotopic (exact) mass is 509 g/mol. The van der Waals surface area contributed by atoms with Crippen LogP contribution < -0.4 is 10.5 Å². The minimum Gasteiger partial charge on any atom is -0.485 e. The molecule has 1 fully saturated rings. The number of nitrogens with two attached hydrogens (primary N) is 1. The molecule has 3 aromatic carbocycles. The summed E-state index contributed by atoms with van der Waals surface area (Å²) in [5.74, 6) is 0.849. The second-order valence-corrected chi connectivity index (χ2v) is 8.70. The molecule has 0 amide bonds. The normalized spacial score (nSPS) is 15.8. The lowest BCUT2D eigenvalue weighted by Gasteiger charge is -2.21. The lowest BCUT2D eigenvalue weighted by molar-refractivity contribution is -0.137. The van der Waals surface area contributed by atoms with Crippen LogP contribution in [0.4, 0.5) is 13.2 Å². The standard InChI is InChI=1S/C26H22F3N5O3/c27-26(28,29)19-8-5-15(6-9-19)22(35)14-36-20-10-7-16-12-18(4-3-17(16)13-20)23-32-24(37-33-23)21-2-1-11-34(21)25(30)31/h3-10,12-13,21H,1-2,11,14H2,(H3,30,31)/t21-/m0/s1. The topological polar surface area (TPSA) is 118 Å². The van der Waals surface area contributed by atoms with Gasteiger partial charge < -0.3 is 19.9 Å². The first kappa shape index (κ1) is 24.3. The van der Waals surface area contributed by atoms with Crippen molar-refractivity contribution in [2.75, 3.05) is 13.2 Å². The van der Waals surface area contributed by atoms with Crippen molar-refractivity contribution in [3.8, 4) is 17.1 Å². The minimum absolute atomic E-state index is 0.0213. The van der Waals surface area contributed by atoms with Gasteiger partial charge in [-0.2, -0.15) is 18.2 Å². The summed E-state index contributed by atoms with van der Waals surface area (Å²) in [6, 6.07) is 14.7. The van der Waals surface area contributed by atoms with Crippen LogP contribution in [0.15, 0.2) is 65.2 Å². The molecule has 8 nitrogen and oxygen atoms in total. The molecule has 0 saturated carbocycles. The van der Waals surface area contributed by atoms with Crippen LogP contribution >= 0.6 is 0 Å². The van der Waals surface area contributed by atoms with Gasteiger partial charge in [-0.1, -0.05) is 35.5 Å². The molecule has 3 N–H and O–H groups in total. The van der Waals surface area contributed by atoms with E-state index < -0.39 is 17.5 Å². The zero-order chi connectivity index (χ0) is 26.2. The third-order valence-electron chi connectivity index (χ3n) is 6.26. The summed E-state index contributed by atoms with van der Waals surface area (Å²) in [5, 5.41) is 13.6. The second-order valence-electron chi connectivity index (χ2n) is 8.70. The molecule has 0 spiro atoms. The lowest BCUT2D eigenvalue weighted by Crippen LogP contribution is -2.35. The van der Waals surface area contributed by atoms with E-state index >= 15 is 0 Å². The van der Waals surface area contributed by atoms with Gasteiger partial charge in [-0.25, -0.2) is 0 Å². The summed E-state index contributed by atoms with van der Waals surface area (Å²) >= 11 is 0. The largest absolute Gasteiger partial charge is 0.485 e. The van der Waals surface area contributed by atoms with Crippen molar-refractivity contribution >= 4 is 22.5 Å². The smallest absolute Gasteiger partial charge is 0.416 e. The Bertz CT molecular complexity index is 1470. The van der Waals surface area contributed by atoms with Gasteiger partial charge >= 0.3 is 6.18 Å². The SMILES string of the molecule is N=C(N)N1CCC[C@H]1c1nc(-c2ccc3cc(OCC(=O)c4ccc(C(F)(F)F)cc4)ccc3c2)no1. The van der Waals surface area contributed by atoms with Crippen LogP contribution in [0, 0.1) is 5.41 Å². The molecular weight excluding hydrogens is 487 g/mol. The van der Waals surface area contributed by atoms with Gasteiger partial charge in [0.2, 0.25) is 11.7 Å². The number of aromatic nitrogens is 2. The minimum atomic E-state index is -4.46. The quantitative estimate of drug-likeness (QED) is 0.208. The first-order valence-corrected chi connectivity index (χ1v) is 11.5. The van der Waals surface area contributed by atoms with Gasteiger partial charge in [0.15, 0.2) is 18.3 Å². The molecule has 0 unspecified atom stereocenters. The van der Waals surface area contributed by atoms with Crippen molar-refractivity contribution in [2.45, 2.75) is 25.1 Å². The predicted molar refractivity (Wildman–Crippen MR) is 129 cm³/mol. The fourth-order valence-electron chi connectivity index (χ4n) is 4.33. The molecular formula is C26H22F3N5O3. The Morgan fingerprint density at radius 3 is 2.57 bits per heavy atom. The zero-order valence-electron chi connectivity index (χ0n) is 19.5. The number of carbonyl (C=O) groups is 1. The number of rotatable bonds is 6. The van der Waals surface area contributed by atoms with E-state index in [4.69, 9.17) is 20.4 Å². The first-order valence-electron chi connectivity index (χ1n) is 11.5. The maximum atomic E-state index is 12.7. The van der Waals surface area contributed by atoms with Gasteiger partial charge in [0.25, 0.3) is 0 Å². The molecule has 4 aromatic rings. The van der Waals surface area contributed by atoms with Crippen molar-refractivity contribution in [1.82, 2.24) is 15.0 Å². The number of ether oxygens (including phenoxy) is 1. The molecule has 1 aliphatic heterocycles. The summed E-state index contributed by atoms with van der Waals surface area (Å²) in [7, 11) is 0. The van der Waals surface area contributed by atoms with Gasteiger partial charge in [-0.3, -0.25) is 10.2 Å². The molecule has 190 valence electrons. The summed E-state index contributed by atoms with van der Waals surface area (Å²) in [5.41, 5.74) is 5.74. The zero-order valence-corrected chi connectivity index (χ0v) is 19.5. The van der Waals surface area contributed by atoms with E-state index in [2.05, 4.69) is 10.1 Å². The molecule has 2 heterocycles. The highest BCUT2D eigenvalue weighted by Crippen LogP contribution is 2.33. The number of hydrogen-bond donors (Lipinski definition) is 2. The Morgan fingerprint density at radius 1 is 1.11 bits per heavy atom. The number of carbonyl (C=O) groups excluding carboxylic acids is 1. The Balaban J connectivity index is 1.26. The fourth-order valence-corrected chi connectivity index (χ4v) is 4.33. The molecule has 1 aromatic heterocycles. The van der Waals surface area contributed by atoms with Gasteiger partial charge in [-0.15, -0.1) is 0 Å². The Morgan fingerprint density at radius 2 is 1.84 bits per heavy atom. The maximum Gasteiger partial charge on any atom is 0.416 e. The van der Waals surface area contributed by atoms with E-state index in [9.17, 15) is 18.0 Å². The average molecular weight is 509 g/mol. The van der Waals surface area contributed by atoms with Crippen molar-refractivity contribution in [2.24, 2.45) is 5.73 Å². The van der Waals surface area contributed by atoms with Crippen LogP contribution in [-0.2, 0) is 6.18 Å². The van der Waals surface area contributed by atoms with E-state index in [-0.39, 0.29) is 24.2 Å². The van der Waals surface area contributed by atoms with Crippen LogP contribution in [0.2, 0.25) is 0 Å². The highest BCUT2D eigenvalue weighted by molar-refractivity contribution is 5.97. The Kier molecular flexibility index (Phi) is 6.28. The number of guanidine groups is 1. The third kappa shape index (κ3) is 5.11. The number of Topliss-reactive ketones (excluding diaryl/α,β-unsaturated/α-hetero) is 1. The Hall–Kier alpha value is -4.41. The highest BCUT2D eigenvalue weighted by Gasteiger charge is 2.32. The van der Waals surface area contributed by atoms with E-state index in [1.807, 2.05) is 24.3 Å². The molecule has 1 saturated heterocycles. The van der Waals surface area contributed by atoms with Crippen LogP contribution in [0.5, 0.6) is 5.75 Å². The van der Waals surface area contributed by atoms with Crippen LogP contribution in [-0.4, -0.2) is 39.9 Å². The first-order chi connectivity index (χ1) is 17.7. The molecule has 1 aliphatic rings. The number of fused-ring (bicyclic) bond motifs is 1. The molecule has 1 atom stereocenters. The number of halogens is 3. The number of nitrogens with zero attached hydrogens (tertiary/aromatic N) is 3. The molecule has 37 heavy (non-hydrogen) atoms. The van der Waals surface area contributed by atoms with Gasteiger partial charge in [0.1, 0.15) is 11.8 Å². The van der Waals surface area contributed by atoms with Crippen LogP contribution in [0.3, 0.4) is 0 Å². The predicted octanol–water partition coefficient (Wildman–Crippen LogP) is 5.20. The van der Waals surface area contributed by atoms with E-state index in [0.717, 1.165) is 53.4 Å².